The number of benzene rings is 2. The summed E-state index contributed by atoms with van der Waals surface area (Å²) in [5, 5.41) is 0. The Balaban J connectivity index is 2.17. The molecule has 0 saturated heterocycles. The molecule has 0 atom stereocenters. The van der Waals surface area contributed by atoms with E-state index in [9.17, 15) is 13.2 Å². The molecule has 0 heterocycles. The SMILES string of the molecule is NCC#Cc1cc(F)ccc1COc1ccc(F)c(F)c1. The topological polar surface area (TPSA) is 35.2 Å². The van der Waals surface area contributed by atoms with Crippen LogP contribution in [0.4, 0.5) is 13.2 Å². The van der Waals surface area contributed by atoms with Crippen LogP contribution in [0.1, 0.15) is 11.1 Å². The minimum Gasteiger partial charge on any atom is -0.489 e. The molecular weight excluding hydrogens is 279 g/mol. The molecule has 2 rings (SSSR count). The van der Waals surface area contributed by atoms with Gasteiger partial charge >= 0.3 is 0 Å². The Labute approximate surface area is 120 Å². The van der Waals surface area contributed by atoms with Crippen molar-refractivity contribution in [2.24, 2.45) is 5.73 Å². The molecule has 0 amide bonds. The Bertz CT molecular complexity index is 704. The fourth-order valence-electron chi connectivity index (χ4n) is 1.66. The average Bonchev–Trinajstić information content (AvgIpc) is 2.47. The lowest BCUT2D eigenvalue weighted by Gasteiger charge is -2.08. The molecule has 2 aromatic rings. The van der Waals surface area contributed by atoms with E-state index in [1.54, 1.807) is 0 Å². The third-order valence-electron chi connectivity index (χ3n) is 2.68. The van der Waals surface area contributed by atoms with Crippen molar-refractivity contribution in [1.29, 1.82) is 0 Å². The van der Waals surface area contributed by atoms with Gasteiger partial charge in [0.15, 0.2) is 11.6 Å². The van der Waals surface area contributed by atoms with E-state index in [1.807, 2.05) is 0 Å². The number of hydrogen-bond donors (Lipinski definition) is 1. The van der Waals surface area contributed by atoms with Crippen LogP contribution < -0.4 is 10.5 Å². The Morgan fingerprint density at radius 1 is 1.00 bits per heavy atom. The summed E-state index contributed by atoms with van der Waals surface area (Å²) < 4.78 is 44.4. The van der Waals surface area contributed by atoms with Crippen LogP contribution in [-0.4, -0.2) is 6.54 Å². The highest BCUT2D eigenvalue weighted by Gasteiger charge is 2.06. The largest absolute Gasteiger partial charge is 0.489 e. The Kier molecular flexibility index (Phi) is 4.85. The maximum Gasteiger partial charge on any atom is 0.162 e. The molecule has 108 valence electrons. The van der Waals surface area contributed by atoms with E-state index in [2.05, 4.69) is 11.8 Å². The van der Waals surface area contributed by atoms with Crippen molar-refractivity contribution in [2.45, 2.75) is 6.61 Å². The summed E-state index contributed by atoms with van der Waals surface area (Å²) in [4.78, 5) is 0. The quantitative estimate of drug-likeness (QED) is 0.882. The van der Waals surface area contributed by atoms with Crippen LogP contribution in [0, 0.1) is 29.3 Å². The van der Waals surface area contributed by atoms with Crippen LogP contribution >= 0.6 is 0 Å². The van der Waals surface area contributed by atoms with Crippen LogP contribution in [0.3, 0.4) is 0 Å². The number of hydrogen-bond acceptors (Lipinski definition) is 2. The van der Waals surface area contributed by atoms with Gasteiger partial charge in [-0.1, -0.05) is 17.9 Å². The number of halogens is 3. The maximum atomic E-state index is 13.2. The summed E-state index contributed by atoms with van der Waals surface area (Å²) in [6, 6.07) is 7.31. The third-order valence-corrected chi connectivity index (χ3v) is 2.68. The molecule has 0 unspecified atom stereocenters. The summed E-state index contributed by atoms with van der Waals surface area (Å²) in [5.74, 6) is 3.19. The van der Waals surface area contributed by atoms with E-state index >= 15 is 0 Å². The molecule has 0 aromatic heterocycles. The number of rotatable bonds is 3. The van der Waals surface area contributed by atoms with Crippen molar-refractivity contribution in [3.8, 4) is 17.6 Å². The van der Waals surface area contributed by atoms with Gasteiger partial charge in [0.1, 0.15) is 18.2 Å². The smallest absolute Gasteiger partial charge is 0.162 e. The van der Waals surface area contributed by atoms with E-state index in [0.717, 1.165) is 12.1 Å². The van der Waals surface area contributed by atoms with E-state index in [-0.39, 0.29) is 18.9 Å². The summed E-state index contributed by atoms with van der Waals surface area (Å²) in [6.07, 6.45) is 0. The highest BCUT2D eigenvalue weighted by molar-refractivity contribution is 5.42. The van der Waals surface area contributed by atoms with Gasteiger partial charge in [0.2, 0.25) is 0 Å². The van der Waals surface area contributed by atoms with Gasteiger partial charge in [-0.15, -0.1) is 0 Å². The van der Waals surface area contributed by atoms with E-state index in [0.29, 0.717) is 11.1 Å². The van der Waals surface area contributed by atoms with Crippen LogP contribution in [0.2, 0.25) is 0 Å². The van der Waals surface area contributed by atoms with E-state index < -0.39 is 17.5 Å². The average molecular weight is 291 g/mol. The van der Waals surface area contributed by atoms with Gasteiger partial charge in [0.05, 0.1) is 6.54 Å². The first-order chi connectivity index (χ1) is 10.1. The highest BCUT2D eigenvalue weighted by atomic mass is 19.2. The summed E-state index contributed by atoms with van der Waals surface area (Å²) in [5.41, 5.74) is 6.36. The third kappa shape index (κ3) is 4.01. The lowest BCUT2D eigenvalue weighted by molar-refractivity contribution is 0.303. The van der Waals surface area contributed by atoms with Gasteiger partial charge in [-0.3, -0.25) is 0 Å². The first-order valence-electron chi connectivity index (χ1n) is 6.15. The zero-order valence-corrected chi connectivity index (χ0v) is 11.0. The van der Waals surface area contributed by atoms with Gasteiger partial charge in [-0.25, -0.2) is 13.2 Å². The lowest BCUT2D eigenvalue weighted by atomic mass is 10.1. The zero-order valence-electron chi connectivity index (χ0n) is 11.0. The summed E-state index contributed by atoms with van der Waals surface area (Å²) >= 11 is 0. The minimum absolute atomic E-state index is 0.0555. The second-order valence-electron chi connectivity index (χ2n) is 4.17. The normalized spacial score (nSPS) is 9.90. The van der Waals surface area contributed by atoms with Gasteiger partial charge in [0, 0.05) is 17.2 Å². The molecular formula is C16H12F3NO. The molecule has 21 heavy (non-hydrogen) atoms. The van der Waals surface area contributed by atoms with Crippen LogP contribution in [0.15, 0.2) is 36.4 Å². The molecule has 0 saturated carbocycles. The fourth-order valence-corrected chi connectivity index (χ4v) is 1.66. The Morgan fingerprint density at radius 3 is 2.52 bits per heavy atom. The molecule has 0 spiro atoms. The monoisotopic (exact) mass is 291 g/mol. The van der Waals surface area contributed by atoms with Gasteiger partial charge < -0.3 is 10.5 Å². The predicted octanol–water partition coefficient (Wildman–Crippen LogP) is 2.99. The molecule has 0 fully saturated rings. The molecule has 0 aliphatic heterocycles. The molecule has 0 aliphatic carbocycles. The van der Waals surface area contributed by atoms with Crippen LogP contribution in [-0.2, 0) is 6.61 Å². The second-order valence-corrected chi connectivity index (χ2v) is 4.17. The fraction of sp³-hybridized carbons (Fsp3) is 0.125. The van der Waals surface area contributed by atoms with Crippen molar-refractivity contribution in [2.75, 3.05) is 6.54 Å². The molecule has 0 radical (unpaired) electrons. The molecule has 2 nitrogen and oxygen atoms in total. The summed E-state index contributed by atoms with van der Waals surface area (Å²) in [7, 11) is 0. The van der Waals surface area contributed by atoms with Crippen molar-refractivity contribution in [1.82, 2.24) is 0 Å². The summed E-state index contributed by atoms with van der Waals surface area (Å²) in [6.45, 7) is 0.208. The maximum absolute atomic E-state index is 13.2. The predicted molar refractivity (Wildman–Crippen MR) is 73.0 cm³/mol. The van der Waals surface area contributed by atoms with E-state index in [4.69, 9.17) is 10.5 Å². The van der Waals surface area contributed by atoms with E-state index in [1.165, 1.54) is 24.3 Å². The van der Waals surface area contributed by atoms with Gasteiger partial charge in [0.25, 0.3) is 0 Å². The Morgan fingerprint density at radius 2 is 1.81 bits per heavy atom. The molecule has 2 aromatic carbocycles. The molecule has 2 N–H and O–H groups in total. The van der Waals surface area contributed by atoms with Crippen LogP contribution in [0.5, 0.6) is 5.75 Å². The van der Waals surface area contributed by atoms with Crippen molar-refractivity contribution in [3.05, 3.63) is 65.0 Å². The zero-order chi connectivity index (χ0) is 15.2. The molecule has 5 heteroatoms. The Hall–Kier alpha value is -2.45. The minimum atomic E-state index is -0.991. The van der Waals surface area contributed by atoms with Gasteiger partial charge in [-0.05, 0) is 24.3 Å². The highest BCUT2D eigenvalue weighted by Crippen LogP contribution is 2.18. The molecule has 0 bridgehead atoms. The molecule has 0 aliphatic rings. The first kappa shape index (κ1) is 14.9. The van der Waals surface area contributed by atoms with Crippen molar-refractivity contribution >= 4 is 0 Å². The second kappa shape index (κ2) is 6.82. The first-order valence-corrected chi connectivity index (χ1v) is 6.15. The number of nitrogens with two attached hydrogens (primary N) is 1. The van der Waals surface area contributed by atoms with Crippen molar-refractivity contribution < 1.29 is 17.9 Å². The standard InChI is InChI=1S/C16H12F3NO/c17-13-4-3-12(11(8-13)2-1-7-20)10-21-14-5-6-15(18)16(19)9-14/h3-6,8-9H,7,10,20H2. The van der Waals surface area contributed by atoms with Crippen LogP contribution in [0.25, 0.3) is 0 Å². The van der Waals surface area contributed by atoms with Gasteiger partial charge in [-0.2, -0.15) is 0 Å². The van der Waals surface area contributed by atoms with Crippen molar-refractivity contribution in [3.63, 3.8) is 0 Å². The number of ether oxygens (including phenoxy) is 1. The lowest BCUT2D eigenvalue weighted by Crippen LogP contribution is -2.00.